The van der Waals surface area contributed by atoms with Crippen molar-refractivity contribution in [2.24, 2.45) is 0 Å². The third-order valence-electron chi connectivity index (χ3n) is 6.63. The van der Waals surface area contributed by atoms with Crippen molar-refractivity contribution in [2.75, 3.05) is 31.3 Å². The van der Waals surface area contributed by atoms with Crippen LogP contribution in [-0.2, 0) is 11.2 Å². The van der Waals surface area contributed by atoms with E-state index in [0.29, 0.717) is 40.8 Å². The number of nitrogens with zero attached hydrogens (tertiary/aromatic N) is 4. The van der Waals surface area contributed by atoms with Crippen LogP contribution in [0.3, 0.4) is 0 Å². The molecule has 2 heterocycles. The van der Waals surface area contributed by atoms with Crippen LogP contribution in [0.5, 0.6) is 5.75 Å². The Bertz CT molecular complexity index is 1700. The first-order valence-corrected chi connectivity index (χ1v) is 13.0. The largest absolute Gasteiger partial charge is 0.495 e. The molecule has 10 heteroatoms. The highest BCUT2D eigenvalue weighted by Crippen LogP contribution is 2.29. The van der Waals surface area contributed by atoms with Crippen molar-refractivity contribution < 1.29 is 18.7 Å². The number of methoxy groups -OCH3 is 1. The fraction of sp³-hybridized carbons (Fsp3) is 0.161. The minimum absolute atomic E-state index is 0.0869. The monoisotopic (exact) mass is 552 g/mol. The van der Waals surface area contributed by atoms with Gasteiger partial charge in [0.15, 0.2) is 5.65 Å². The molecule has 5 rings (SSSR count). The van der Waals surface area contributed by atoms with Crippen molar-refractivity contribution in [1.29, 1.82) is 0 Å². The molecule has 0 atom stereocenters. The van der Waals surface area contributed by atoms with Gasteiger partial charge in [-0.2, -0.15) is 4.98 Å². The van der Waals surface area contributed by atoms with Crippen molar-refractivity contribution >= 4 is 34.8 Å². The number of benzene rings is 3. The lowest BCUT2D eigenvalue weighted by Gasteiger charge is -2.16. The second-order valence-electron chi connectivity index (χ2n) is 9.44. The molecule has 0 saturated heterocycles. The average molecular weight is 553 g/mol. The maximum Gasteiger partial charge on any atom is 0.253 e. The molecule has 0 fully saturated rings. The van der Waals surface area contributed by atoms with Crippen LogP contribution in [0.4, 0.5) is 21.7 Å². The van der Waals surface area contributed by atoms with Crippen LogP contribution in [0.2, 0.25) is 0 Å². The van der Waals surface area contributed by atoms with E-state index in [-0.39, 0.29) is 24.1 Å². The molecule has 0 bridgehead atoms. The lowest BCUT2D eigenvalue weighted by atomic mass is 10.1. The number of aromatic nitrogens is 3. The Morgan fingerprint density at radius 3 is 2.41 bits per heavy atom. The van der Waals surface area contributed by atoms with E-state index in [9.17, 15) is 14.0 Å². The van der Waals surface area contributed by atoms with Crippen LogP contribution in [0.25, 0.3) is 16.8 Å². The van der Waals surface area contributed by atoms with Crippen molar-refractivity contribution in [3.63, 3.8) is 0 Å². The van der Waals surface area contributed by atoms with E-state index in [0.717, 1.165) is 16.7 Å². The predicted octanol–water partition coefficient (Wildman–Crippen LogP) is 5.56. The van der Waals surface area contributed by atoms with Crippen LogP contribution in [0, 0.1) is 5.82 Å². The normalized spacial score (nSPS) is 10.8. The SMILES string of the molecule is CCN(C)C(=O)c1ccc(Nc2nc3ccc(-c4ccc(NC(=O)Cc5ccc(F)cc5)cc4)cn3n2)c(OC)c1. The maximum absolute atomic E-state index is 13.1. The fourth-order valence-electron chi connectivity index (χ4n) is 4.26. The van der Waals surface area contributed by atoms with Gasteiger partial charge in [0.2, 0.25) is 11.9 Å². The number of carbonyl (C=O) groups excluding carboxylic acids is 2. The number of amides is 2. The molecule has 2 amide bonds. The number of nitrogens with one attached hydrogen (secondary N) is 2. The van der Waals surface area contributed by atoms with Gasteiger partial charge in [-0.05, 0) is 72.6 Å². The lowest BCUT2D eigenvalue weighted by molar-refractivity contribution is -0.115. The average Bonchev–Trinajstić information content (AvgIpc) is 3.39. The van der Waals surface area contributed by atoms with Gasteiger partial charge in [-0.1, -0.05) is 24.3 Å². The van der Waals surface area contributed by atoms with Gasteiger partial charge in [-0.15, -0.1) is 5.10 Å². The highest BCUT2D eigenvalue weighted by atomic mass is 19.1. The second kappa shape index (κ2) is 11.9. The van der Waals surface area contributed by atoms with Crippen LogP contribution in [-0.4, -0.2) is 52.0 Å². The van der Waals surface area contributed by atoms with Gasteiger partial charge in [0.05, 0.1) is 19.2 Å². The molecule has 0 saturated carbocycles. The number of ether oxygens (including phenoxy) is 1. The first kappa shape index (κ1) is 27.3. The van der Waals surface area contributed by atoms with Gasteiger partial charge in [-0.3, -0.25) is 9.59 Å². The summed E-state index contributed by atoms with van der Waals surface area (Å²) in [6.07, 6.45) is 2.03. The molecule has 3 aromatic carbocycles. The zero-order valence-corrected chi connectivity index (χ0v) is 22.9. The number of hydrogen-bond donors (Lipinski definition) is 2. The number of carbonyl (C=O) groups is 2. The first-order valence-electron chi connectivity index (χ1n) is 13.0. The van der Waals surface area contributed by atoms with Gasteiger partial charge < -0.3 is 20.3 Å². The van der Waals surface area contributed by atoms with E-state index in [1.165, 1.54) is 12.1 Å². The molecule has 5 aromatic rings. The highest BCUT2D eigenvalue weighted by molar-refractivity contribution is 5.95. The molecule has 2 N–H and O–H groups in total. The Labute approximate surface area is 236 Å². The molecular formula is C31H29FN6O3. The van der Waals surface area contributed by atoms with Gasteiger partial charge in [-0.25, -0.2) is 8.91 Å². The van der Waals surface area contributed by atoms with Gasteiger partial charge in [0, 0.05) is 36.6 Å². The number of anilines is 3. The van der Waals surface area contributed by atoms with Gasteiger partial charge in [0.25, 0.3) is 5.91 Å². The minimum atomic E-state index is -0.332. The van der Waals surface area contributed by atoms with Crippen LogP contribution in [0.1, 0.15) is 22.8 Å². The summed E-state index contributed by atoms with van der Waals surface area (Å²) in [6.45, 7) is 2.52. The maximum atomic E-state index is 13.1. The summed E-state index contributed by atoms with van der Waals surface area (Å²) in [5, 5.41) is 10.6. The number of hydrogen-bond acceptors (Lipinski definition) is 6. The summed E-state index contributed by atoms with van der Waals surface area (Å²) < 4.78 is 20.3. The first-order chi connectivity index (χ1) is 19.8. The Morgan fingerprint density at radius 1 is 0.976 bits per heavy atom. The van der Waals surface area contributed by atoms with E-state index < -0.39 is 0 Å². The minimum Gasteiger partial charge on any atom is -0.495 e. The molecule has 0 spiro atoms. The van der Waals surface area contributed by atoms with E-state index in [4.69, 9.17) is 4.74 Å². The topological polar surface area (TPSA) is 101 Å². The predicted molar refractivity (Wildman–Crippen MR) is 156 cm³/mol. The highest BCUT2D eigenvalue weighted by Gasteiger charge is 2.15. The molecule has 208 valence electrons. The van der Waals surface area contributed by atoms with E-state index in [1.807, 2.05) is 49.5 Å². The summed E-state index contributed by atoms with van der Waals surface area (Å²) in [7, 11) is 3.30. The summed E-state index contributed by atoms with van der Waals surface area (Å²) >= 11 is 0. The Morgan fingerprint density at radius 2 is 1.71 bits per heavy atom. The summed E-state index contributed by atoms with van der Waals surface area (Å²) in [5.74, 6) is 0.283. The number of halogens is 1. The van der Waals surface area contributed by atoms with Gasteiger partial charge in [0.1, 0.15) is 11.6 Å². The standard InChI is InChI=1S/C31H29FN6O3/c1-4-37(2)30(40)22-9-15-26(27(18-22)41-3)34-31-35-28-16-10-23(19-38(28)36-31)21-7-13-25(14-8-21)33-29(39)17-20-5-11-24(32)12-6-20/h5-16,18-19H,4,17H2,1-3H3,(H,33,39)(H,34,36). The smallest absolute Gasteiger partial charge is 0.253 e. The molecule has 41 heavy (non-hydrogen) atoms. The fourth-order valence-corrected chi connectivity index (χ4v) is 4.26. The zero-order valence-electron chi connectivity index (χ0n) is 22.9. The Hall–Kier alpha value is -5.25. The van der Waals surface area contributed by atoms with Crippen LogP contribution in [0.15, 0.2) is 85.1 Å². The number of fused-ring (bicyclic) bond motifs is 1. The van der Waals surface area contributed by atoms with E-state index in [1.54, 1.807) is 53.9 Å². The van der Waals surface area contributed by atoms with Crippen molar-refractivity contribution in [1.82, 2.24) is 19.5 Å². The van der Waals surface area contributed by atoms with Crippen LogP contribution < -0.4 is 15.4 Å². The Kier molecular flexibility index (Phi) is 7.91. The molecule has 0 aliphatic heterocycles. The third-order valence-corrected chi connectivity index (χ3v) is 6.63. The molecule has 0 unspecified atom stereocenters. The van der Waals surface area contributed by atoms with E-state index >= 15 is 0 Å². The summed E-state index contributed by atoms with van der Waals surface area (Å²) in [4.78, 5) is 31.1. The van der Waals surface area contributed by atoms with E-state index in [2.05, 4.69) is 20.7 Å². The van der Waals surface area contributed by atoms with Gasteiger partial charge >= 0.3 is 0 Å². The van der Waals surface area contributed by atoms with Crippen molar-refractivity contribution in [3.05, 3.63) is 102 Å². The lowest BCUT2D eigenvalue weighted by Crippen LogP contribution is -2.26. The molecule has 9 nitrogen and oxygen atoms in total. The third kappa shape index (κ3) is 6.33. The van der Waals surface area contributed by atoms with Crippen LogP contribution >= 0.6 is 0 Å². The summed E-state index contributed by atoms with van der Waals surface area (Å²) in [6, 6.07) is 22.4. The quantitative estimate of drug-likeness (QED) is 0.248. The number of rotatable bonds is 9. The molecule has 2 aromatic heterocycles. The van der Waals surface area contributed by atoms with Crippen molar-refractivity contribution in [3.8, 4) is 16.9 Å². The molecule has 0 aliphatic carbocycles. The Balaban J connectivity index is 1.28. The summed E-state index contributed by atoms with van der Waals surface area (Å²) in [5.41, 5.74) is 5.07. The second-order valence-corrected chi connectivity index (χ2v) is 9.44. The molecule has 0 aliphatic rings. The number of pyridine rings is 1. The zero-order chi connectivity index (χ0) is 28.9. The molecule has 0 radical (unpaired) electrons. The molecular weight excluding hydrogens is 523 g/mol. The van der Waals surface area contributed by atoms with Crippen molar-refractivity contribution in [2.45, 2.75) is 13.3 Å².